The first-order valence-electron chi connectivity index (χ1n) is 10.7. The Kier molecular flexibility index (Phi) is 7.63. The molecule has 1 aliphatic rings. The number of ether oxygens (including phenoxy) is 1. The van der Waals surface area contributed by atoms with E-state index in [1.54, 1.807) is 24.3 Å². The van der Waals surface area contributed by atoms with E-state index in [0.717, 1.165) is 18.4 Å². The number of hydrogen-bond donors (Lipinski definition) is 2. The van der Waals surface area contributed by atoms with Crippen molar-refractivity contribution in [2.75, 3.05) is 17.2 Å². The summed E-state index contributed by atoms with van der Waals surface area (Å²) in [5.41, 5.74) is 9.14. The molecule has 3 aromatic rings. The maximum atomic E-state index is 8.53. The maximum absolute atomic E-state index is 8.53. The summed E-state index contributed by atoms with van der Waals surface area (Å²) in [5, 5.41) is 13.9. The van der Waals surface area contributed by atoms with E-state index in [4.69, 9.17) is 39.1 Å². The first kappa shape index (κ1) is 23.7. The van der Waals surface area contributed by atoms with Crippen molar-refractivity contribution in [1.82, 2.24) is 14.8 Å². The molecule has 1 fully saturated rings. The molecule has 0 aliphatic carbocycles. The molecular formula is C24H25Cl2N5OS. The summed E-state index contributed by atoms with van der Waals surface area (Å²) < 4.78 is 8.10. The van der Waals surface area contributed by atoms with Crippen LogP contribution < -0.4 is 10.5 Å². The van der Waals surface area contributed by atoms with Crippen molar-refractivity contribution < 1.29 is 4.74 Å². The number of anilines is 1. The highest BCUT2D eigenvalue weighted by Gasteiger charge is 2.18. The number of pyridine rings is 1. The fourth-order valence-electron chi connectivity index (χ4n) is 3.77. The molecule has 1 aromatic carbocycles. The monoisotopic (exact) mass is 501 g/mol. The van der Waals surface area contributed by atoms with Gasteiger partial charge < -0.3 is 15.9 Å². The van der Waals surface area contributed by atoms with Gasteiger partial charge in [-0.05, 0) is 61.6 Å². The first-order valence-corrected chi connectivity index (χ1v) is 12.6. The van der Waals surface area contributed by atoms with Crippen LogP contribution in [0.15, 0.2) is 49.1 Å². The van der Waals surface area contributed by atoms with Crippen molar-refractivity contribution in [2.45, 2.75) is 31.9 Å². The number of nitrogens with one attached hydrogen (secondary N) is 1. The van der Waals surface area contributed by atoms with Crippen LogP contribution in [0.25, 0.3) is 6.08 Å². The van der Waals surface area contributed by atoms with Crippen LogP contribution in [0, 0.1) is 5.41 Å². The molecular weight excluding hydrogens is 477 g/mol. The Morgan fingerprint density at radius 2 is 1.97 bits per heavy atom. The fraction of sp³-hybridized carbons (Fsp3) is 0.292. The number of halogens is 2. The van der Waals surface area contributed by atoms with Gasteiger partial charge in [0, 0.05) is 41.0 Å². The van der Waals surface area contributed by atoms with Crippen LogP contribution >= 0.6 is 35.0 Å². The second-order valence-electron chi connectivity index (χ2n) is 7.87. The molecule has 4 rings (SSSR count). The highest BCUT2D eigenvalue weighted by atomic mass is 35.5. The lowest BCUT2D eigenvalue weighted by atomic mass is 10.1. The average Bonchev–Trinajstić information content (AvgIpc) is 3.28. The van der Waals surface area contributed by atoms with Crippen molar-refractivity contribution in [1.29, 1.82) is 5.41 Å². The van der Waals surface area contributed by atoms with Gasteiger partial charge in [0.05, 0.1) is 28.0 Å². The van der Waals surface area contributed by atoms with E-state index in [2.05, 4.69) is 10.1 Å². The number of hydrogen-bond acceptors (Lipinski definition) is 6. The molecule has 0 amide bonds. The van der Waals surface area contributed by atoms with Crippen molar-refractivity contribution >= 4 is 52.4 Å². The third-order valence-electron chi connectivity index (χ3n) is 5.55. The Bertz CT molecular complexity index is 1150. The number of aromatic nitrogens is 3. The predicted molar refractivity (Wildman–Crippen MR) is 138 cm³/mol. The van der Waals surface area contributed by atoms with E-state index < -0.39 is 6.10 Å². The standard InChI is InChI=1S/C24H25Cl2N5OS/c1-15(24-20(25)12-29-13-21(24)26)32-18-3-5-23(28)19(10-18)22(27)4-2-16-11-30-31(14-16)17-6-8-33-9-7-17/h2-5,10-15,17,27H,6-9,28H2,1H3/b4-2+,27-22?. The highest BCUT2D eigenvalue weighted by Crippen LogP contribution is 2.33. The molecule has 33 heavy (non-hydrogen) atoms. The number of benzene rings is 1. The van der Waals surface area contributed by atoms with E-state index in [-0.39, 0.29) is 5.71 Å². The van der Waals surface area contributed by atoms with Crippen LogP contribution in [-0.2, 0) is 0 Å². The number of nitrogen functional groups attached to an aromatic ring is 1. The van der Waals surface area contributed by atoms with Gasteiger partial charge in [0.1, 0.15) is 11.9 Å². The van der Waals surface area contributed by atoms with E-state index in [9.17, 15) is 0 Å². The number of nitrogens with zero attached hydrogens (tertiary/aromatic N) is 3. The van der Waals surface area contributed by atoms with Crippen LogP contribution in [0.1, 0.15) is 48.6 Å². The predicted octanol–water partition coefficient (Wildman–Crippen LogP) is 6.46. The molecule has 1 unspecified atom stereocenters. The highest BCUT2D eigenvalue weighted by molar-refractivity contribution is 7.99. The summed E-state index contributed by atoms with van der Waals surface area (Å²) >= 11 is 14.5. The lowest BCUT2D eigenvalue weighted by Gasteiger charge is -2.21. The first-order chi connectivity index (χ1) is 15.9. The van der Waals surface area contributed by atoms with E-state index >= 15 is 0 Å². The lowest BCUT2D eigenvalue weighted by molar-refractivity contribution is 0.227. The third kappa shape index (κ3) is 5.72. The van der Waals surface area contributed by atoms with Crippen LogP contribution in [0.4, 0.5) is 5.69 Å². The average molecular weight is 502 g/mol. The molecule has 1 saturated heterocycles. The summed E-state index contributed by atoms with van der Waals surface area (Å²) in [6, 6.07) is 5.71. The largest absolute Gasteiger partial charge is 0.486 e. The van der Waals surface area contributed by atoms with E-state index in [1.807, 2.05) is 41.8 Å². The zero-order valence-electron chi connectivity index (χ0n) is 18.2. The van der Waals surface area contributed by atoms with Gasteiger partial charge in [-0.2, -0.15) is 16.9 Å². The van der Waals surface area contributed by atoms with Crippen molar-refractivity contribution in [3.05, 3.63) is 75.8 Å². The third-order valence-corrected chi connectivity index (χ3v) is 7.20. The van der Waals surface area contributed by atoms with Crippen molar-refractivity contribution in [2.24, 2.45) is 0 Å². The molecule has 2 aromatic heterocycles. The second kappa shape index (κ2) is 10.6. The van der Waals surface area contributed by atoms with Crippen LogP contribution in [0.5, 0.6) is 5.75 Å². The molecule has 3 heterocycles. The van der Waals surface area contributed by atoms with E-state index in [0.29, 0.717) is 38.7 Å². The SMILES string of the molecule is CC(Oc1ccc(N)c(C(=N)/C=C/c2cnn(C3CCSCC3)c2)c1)c1c(Cl)cncc1Cl. The Balaban J connectivity index is 1.47. The van der Waals surface area contributed by atoms with E-state index in [1.165, 1.54) is 23.9 Å². The normalized spacial score (nSPS) is 15.6. The van der Waals surface area contributed by atoms with Gasteiger partial charge in [0.2, 0.25) is 0 Å². The Labute approximate surface area is 207 Å². The van der Waals surface area contributed by atoms with Crippen LogP contribution in [0.2, 0.25) is 10.0 Å². The molecule has 1 aliphatic heterocycles. The van der Waals surface area contributed by atoms with Gasteiger partial charge >= 0.3 is 0 Å². The molecule has 0 bridgehead atoms. The molecule has 172 valence electrons. The van der Waals surface area contributed by atoms with Crippen molar-refractivity contribution in [3.63, 3.8) is 0 Å². The zero-order chi connectivity index (χ0) is 23.4. The van der Waals surface area contributed by atoms with Crippen LogP contribution in [0.3, 0.4) is 0 Å². The van der Waals surface area contributed by atoms with Gasteiger partial charge in [0.25, 0.3) is 0 Å². The van der Waals surface area contributed by atoms with Crippen molar-refractivity contribution in [3.8, 4) is 5.75 Å². The Morgan fingerprint density at radius 1 is 1.24 bits per heavy atom. The number of rotatable bonds is 7. The summed E-state index contributed by atoms with van der Waals surface area (Å²) in [6.45, 7) is 1.86. The second-order valence-corrected chi connectivity index (χ2v) is 9.91. The smallest absolute Gasteiger partial charge is 0.124 e. The molecule has 1 atom stereocenters. The van der Waals surface area contributed by atoms with Crippen LogP contribution in [-0.4, -0.2) is 32.0 Å². The summed E-state index contributed by atoms with van der Waals surface area (Å²) in [7, 11) is 0. The molecule has 0 spiro atoms. The van der Waals surface area contributed by atoms with Gasteiger partial charge in [-0.25, -0.2) is 0 Å². The minimum Gasteiger partial charge on any atom is -0.486 e. The van der Waals surface area contributed by atoms with Gasteiger partial charge in [-0.3, -0.25) is 9.67 Å². The summed E-state index contributed by atoms with van der Waals surface area (Å²) in [6.07, 6.45) is 12.4. The molecule has 0 radical (unpaired) electrons. The number of thioether (sulfide) groups is 1. The van der Waals surface area contributed by atoms with Gasteiger partial charge in [-0.15, -0.1) is 0 Å². The van der Waals surface area contributed by atoms with Gasteiger partial charge in [-0.1, -0.05) is 23.2 Å². The lowest BCUT2D eigenvalue weighted by Crippen LogP contribution is -2.15. The topological polar surface area (TPSA) is 89.8 Å². The molecule has 6 nitrogen and oxygen atoms in total. The molecule has 0 saturated carbocycles. The fourth-order valence-corrected chi connectivity index (χ4v) is 5.53. The Hall–Kier alpha value is -2.48. The number of nitrogens with two attached hydrogens (primary N) is 1. The quantitative estimate of drug-likeness (QED) is 0.286. The minimum atomic E-state index is -0.404. The zero-order valence-corrected chi connectivity index (χ0v) is 20.5. The summed E-state index contributed by atoms with van der Waals surface area (Å²) in [4.78, 5) is 3.98. The maximum Gasteiger partial charge on any atom is 0.124 e. The minimum absolute atomic E-state index is 0.285. The number of allylic oxidation sites excluding steroid dienone is 1. The molecule has 3 N–H and O–H groups in total. The molecule has 9 heteroatoms. The van der Waals surface area contributed by atoms with Gasteiger partial charge in [0.15, 0.2) is 0 Å². The summed E-state index contributed by atoms with van der Waals surface area (Å²) in [5.74, 6) is 2.92. The Morgan fingerprint density at radius 3 is 2.70 bits per heavy atom.